The van der Waals surface area contributed by atoms with Crippen LogP contribution in [-0.4, -0.2) is 65.1 Å². The molecule has 0 unspecified atom stereocenters. The largest absolute Gasteiger partial charge is 0.481 e. The molecule has 6 nitrogen and oxygen atoms in total. The van der Waals surface area contributed by atoms with Crippen molar-refractivity contribution in [2.75, 3.05) is 32.8 Å². The molecule has 2 aromatic carbocycles. The summed E-state index contributed by atoms with van der Waals surface area (Å²) in [6.45, 7) is 5.07. The molecule has 2 fully saturated rings. The van der Waals surface area contributed by atoms with Crippen LogP contribution in [0.3, 0.4) is 0 Å². The zero-order valence-corrected chi connectivity index (χ0v) is 18.1. The monoisotopic (exact) mass is 427 g/mol. The van der Waals surface area contributed by atoms with Gasteiger partial charge >= 0.3 is 0 Å². The first-order chi connectivity index (χ1) is 15.0. The van der Waals surface area contributed by atoms with Gasteiger partial charge in [-0.2, -0.15) is 0 Å². The summed E-state index contributed by atoms with van der Waals surface area (Å²) in [5.41, 5.74) is 2.26. The molecular weight excluding hydrogens is 394 g/mol. The number of ether oxygens (including phenoxy) is 1. The number of aliphatic carboxylic acids is 1. The number of benzene rings is 2. The minimum Gasteiger partial charge on any atom is -0.481 e. The van der Waals surface area contributed by atoms with Crippen LogP contribution < -0.4 is 0 Å². The number of aliphatic hydroxyl groups is 2. The van der Waals surface area contributed by atoms with Crippen LogP contribution in [0.15, 0.2) is 60.7 Å². The number of carboxylic acids is 1. The number of carboxylic acid groups (broad SMARTS) is 1. The quantitative estimate of drug-likeness (QED) is 0.562. The van der Waals surface area contributed by atoms with Crippen molar-refractivity contribution in [3.8, 4) is 0 Å². The van der Waals surface area contributed by atoms with E-state index in [0.717, 1.165) is 33.0 Å². The Labute approximate surface area is 184 Å². The third kappa shape index (κ3) is 5.71. The Balaban J connectivity index is 0.000000628. The molecule has 3 N–H and O–H groups in total. The second-order valence-corrected chi connectivity index (χ2v) is 8.45. The average molecular weight is 428 g/mol. The molecule has 1 aliphatic heterocycles. The van der Waals surface area contributed by atoms with Crippen molar-refractivity contribution < 1.29 is 24.9 Å². The number of aliphatic hydroxyl groups excluding tert-OH is 2. The maximum absolute atomic E-state index is 10.8. The standard InChI is InChI=1S/C23H29NO3.C2H4O2/c25-15-20-22(19-10-5-2-6-11-19)23(20)17-24(14-21(23)26)12-7-13-27-16-18-8-3-1-4-9-18;1-2(3)4/h1-6,8-11,20-22,25-26H,7,12-17H2;1H3,(H,3,4)/t20-,21+,22-,23-;/m1./s1. The molecule has 4 rings (SSSR count). The number of nitrogens with zero attached hydrogens (tertiary/aromatic N) is 1. The van der Waals surface area contributed by atoms with Gasteiger partial charge in [0.15, 0.2) is 0 Å². The molecule has 2 aliphatic rings. The van der Waals surface area contributed by atoms with Gasteiger partial charge in [-0.3, -0.25) is 9.69 Å². The fourth-order valence-corrected chi connectivity index (χ4v) is 4.99. The lowest BCUT2D eigenvalue weighted by Gasteiger charge is -2.16. The van der Waals surface area contributed by atoms with Crippen LogP contribution in [-0.2, 0) is 16.1 Å². The fourth-order valence-electron chi connectivity index (χ4n) is 4.99. The molecule has 4 atom stereocenters. The van der Waals surface area contributed by atoms with Gasteiger partial charge in [0, 0.05) is 45.2 Å². The zero-order valence-electron chi connectivity index (χ0n) is 18.1. The Bertz CT molecular complexity index is 811. The number of carbonyl (C=O) groups is 1. The summed E-state index contributed by atoms with van der Waals surface area (Å²) in [7, 11) is 0. The molecule has 0 amide bonds. The normalized spacial score (nSPS) is 27.0. The van der Waals surface area contributed by atoms with Gasteiger partial charge in [-0.05, 0) is 29.4 Å². The van der Waals surface area contributed by atoms with Crippen LogP contribution in [0.4, 0.5) is 0 Å². The van der Waals surface area contributed by atoms with E-state index in [0.29, 0.717) is 13.2 Å². The molecule has 31 heavy (non-hydrogen) atoms. The highest BCUT2D eigenvalue weighted by Crippen LogP contribution is 2.68. The summed E-state index contributed by atoms with van der Waals surface area (Å²) in [6.07, 6.45) is 0.584. The van der Waals surface area contributed by atoms with E-state index in [2.05, 4.69) is 29.2 Å². The maximum atomic E-state index is 10.8. The molecule has 2 aromatic rings. The predicted octanol–water partition coefficient (Wildman–Crippen LogP) is 2.75. The molecule has 0 aromatic heterocycles. The van der Waals surface area contributed by atoms with Crippen molar-refractivity contribution in [1.29, 1.82) is 0 Å². The Morgan fingerprint density at radius 1 is 1.13 bits per heavy atom. The van der Waals surface area contributed by atoms with E-state index in [4.69, 9.17) is 14.6 Å². The van der Waals surface area contributed by atoms with E-state index >= 15 is 0 Å². The third-order valence-electron chi connectivity index (χ3n) is 6.34. The highest BCUT2D eigenvalue weighted by molar-refractivity contribution is 5.62. The first-order valence-electron chi connectivity index (χ1n) is 10.9. The molecule has 168 valence electrons. The van der Waals surface area contributed by atoms with Crippen LogP contribution in [0.25, 0.3) is 0 Å². The van der Waals surface area contributed by atoms with Crippen LogP contribution in [0.5, 0.6) is 0 Å². The number of rotatable bonds is 8. The number of likely N-dealkylation sites (tertiary alicyclic amines) is 1. The van der Waals surface area contributed by atoms with Gasteiger partial charge in [0.05, 0.1) is 12.7 Å². The van der Waals surface area contributed by atoms with Crippen molar-refractivity contribution in [2.24, 2.45) is 11.3 Å². The Morgan fingerprint density at radius 2 is 1.74 bits per heavy atom. The average Bonchev–Trinajstić information content (AvgIpc) is 3.30. The van der Waals surface area contributed by atoms with E-state index < -0.39 is 5.97 Å². The summed E-state index contributed by atoms with van der Waals surface area (Å²) in [6, 6.07) is 20.6. The topological polar surface area (TPSA) is 90.2 Å². The number of β-amino-alcohol motifs (C(OH)–C–C–N with tert-alkyl or cyclic N) is 1. The lowest BCUT2D eigenvalue weighted by Crippen LogP contribution is -2.24. The van der Waals surface area contributed by atoms with Gasteiger partial charge in [-0.1, -0.05) is 60.7 Å². The summed E-state index contributed by atoms with van der Waals surface area (Å²) in [5.74, 6) is -0.410. The highest BCUT2D eigenvalue weighted by atomic mass is 16.5. The molecule has 6 heteroatoms. The Hall–Kier alpha value is -2.25. The minimum absolute atomic E-state index is 0.143. The second-order valence-electron chi connectivity index (χ2n) is 8.45. The summed E-state index contributed by atoms with van der Waals surface area (Å²) in [5, 5.41) is 28.1. The van der Waals surface area contributed by atoms with Crippen molar-refractivity contribution in [1.82, 2.24) is 4.90 Å². The van der Waals surface area contributed by atoms with E-state index in [1.165, 1.54) is 11.1 Å². The van der Waals surface area contributed by atoms with Gasteiger partial charge in [-0.25, -0.2) is 0 Å². The first-order valence-corrected chi connectivity index (χ1v) is 10.9. The summed E-state index contributed by atoms with van der Waals surface area (Å²) >= 11 is 0. The third-order valence-corrected chi connectivity index (χ3v) is 6.34. The van der Waals surface area contributed by atoms with Gasteiger partial charge in [0.2, 0.25) is 0 Å². The van der Waals surface area contributed by atoms with Crippen LogP contribution >= 0.6 is 0 Å². The molecule has 1 heterocycles. The van der Waals surface area contributed by atoms with Crippen molar-refractivity contribution in [3.63, 3.8) is 0 Å². The number of hydrogen-bond acceptors (Lipinski definition) is 5. The summed E-state index contributed by atoms with van der Waals surface area (Å²) in [4.78, 5) is 11.3. The smallest absolute Gasteiger partial charge is 0.300 e. The van der Waals surface area contributed by atoms with Crippen LogP contribution in [0, 0.1) is 11.3 Å². The first kappa shape index (κ1) is 23.4. The fraction of sp³-hybridized carbons (Fsp3) is 0.480. The number of hydrogen-bond donors (Lipinski definition) is 3. The van der Waals surface area contributed by atoms with Crippen LogP contribution in [0.1, 0.15) is 30.4 Å². The lowest BCUT2D eigenvalue weighted by molar-refractivity contribution is -0.134. The van der Waals surface area contributed by atoms with Crippen molar-refractivity contribution in [3.05, 3.63) is 71.8 Å². The van der Waals surface area contributed by atoms with Gasteiger partial charge in [0.25, 0.3) is 5.97 Å². The van der Waals surface area contributed by atoms with Gasteiger partial charge in [-0.15, -0.1) is 0 Å². The van der Waals surface area contributed by atoms with Crippen molar-refractivity contribution in [2.45, 2.75) is 32.0 Å². The Kier molecular flexibility index (Phi) is 8.21. The van der Waals surface area contributed by atoms with Crippen molar-refractivity contribution >= 4 is 5.97 Å². The van der Waals surface area contributed by atoms with E-state index in [9.17, 15) is 10.2 Å². The maximum Gasteiger partial charge on any atom is 0.300 e. The highest BCUT2D eigenvalue weighted by Gasteiger charge is 2.70. The molecular formula is C25H33NO5. The van der Waals surface area contributed by atoms with E-state index in [1.807, 2.05) is 36.4 Å². The SMILES string of the molecule is CC(=O)O.OC[C@@H]1[C@@H](c2ccccc2)[C@]12CN(CCCOCc1ccccc1)C[C@@H]2O. The molecule has 1 saturated carbocycles. The zero-order chi connectivity index (χ0) is 22.3. The second kappa shape index (κ2) is 10.9. The predicted molar refractivity (Wildman–Crippen MR) is 119 cm³/mol. The molecule has 1 spiro atoms. The van der Waals surface area contributed by atoms with E-state index in [-0.39, 0.29) is 30.0 Å². The molecule has 0 radical (unpaired) electrons. The Morgan fingerprint density at radius 3 is 2.35 bits per heavy atom. The van der Waals surface area contributed by atoms with E-state index in [1.54, 1.807) is 0 Å². The lowest BCUT2D eigenvalue weighted by atomic mass is 9.95. The summed E-state index contributed by atoms with van der Waals surface area (Å²) < 4.78 is 5.78. The molecule has 0 bridgehead atoms. The van der Waals surface area contributed by atoms with Crippen LogP contribution in [0.2, 0.25) is 0 Å². The minimum atomic E-state index is -0.833. The molecule has 1 saturated heterocycles. The van der Waals surface area contributed by atoms with Gasteiger partial charge in [0.1, 0.15) is 0 Å². The van der Waals surface area contributed by atoms with Gasteiger partial charge < -0.3 is 20.1 Å². The molecule has 1 aliphatic carbocycles.